The molecule has 1 unspecified atom stereocenters. The standard InChI is InChI=1S/C17H22ClN3O4S2/c1-3-25-10-9-20-13-7-6-12(18)11-15(13)26-17(20)19-16(22)14-5-4-8-21(14)27(2,23)24/h6-7,11,14H,3-5,8-10H2,1-2H3. The molecule has 1 saturated heterocycles. The third-order valence-electron chi connectivity index (χ3n) is 4.43. The Morgan fingerprint density at radius 3 is 2.93 bits per heavy atom. The first-order chi connectivity index (χ1) is 12.8. The predicted molar refractivity (Wildman–Crippen MR) is 106 cm³/mol. The summed E-state index contributed by atoms with van der Waals surface area (Å²) in [5.74, 6) is -0.430. The Kier molecular flexibility index (Phi) is 6.37. The van der Waals surface area contributed by atoms with Gasteiger partial charge in [0.05, 0.1) is 23.1 Å². The van der Waals surface area contributed by atoms with Crippen molar-refractivity contribution in [2.45, 2.75) is 32.4 Å². The lowest BCUT2D eigenvalue weighted by Crippen LogP contribution is -2.40. The van der Waals surface area contributed by atoms with Crippen molar-refractivity contribution in [2.24, 2.45) is 4.99 Å². The van der Waals surface area contributed by atoms with Crippen molar-refractivity contribution in [2.75, 3.05) is 26.0 Å². The van der Waals surface area contributed by atoms with Gasteiger partial charge in [-0.15, -0.1) is 0 Å². The van der Waals surface area contributed by atoms with E-state index in [-0.39, 0.29) is 0 Å². The zero-order chi connectivity index (χ0) is 19.6. The number of rotatable bonds is 6. The predicted octanol–water partition coefficient (Wildman–Crippen LogP) is 2.24. The topological polar surface area (TPSA) is 81.0 Å². The van der Waals surface area contributed by atoms with E-state index < -0.39 is 22.0 Å². The molecule has 0 radical (unpaired) electrons. The quantitative estimate of drug-likeness (QED) is 0.657. The molecule has 1 amide bonds. The van der Waals surface area contributed by atoms with Gasteiger partial charge in [-0.2, -0.15) is 9.30 Å². The molecule has 10 heteroatoms. The highest BCUT2D eigenvalue weighted by Crippen LogP contribution is 2.23. The first-order valence-corrected chi connectivity index (χ1v) is 11.8. The van der Waals surface area contributed by atoms with Gasteiger partial charge in [-0.1, -0.05) is 22.9 Å². The van der Waals surface area contributed by atoms with Crippen LogP contribution in [0, 0.1) is 0 Å². The summed E-state index contributed by atoms with van der Waals surface area (Å²) >= 11 is 7.45. The van der Waals surface area contributed by atoms with Crippen molar-refractivity contribution in [3.8, 4) is 0 Å². The van der Waals surface area contributed by atoms with Gasteiger partial charge in [0, 0.05) is 24.7 Å². The van der Waals surface area contributed by atoms with Crippen LogP contribution < -0.4 is 4.80 Å². The van der Waals surface area contributed by atoms with Crippen LogP contribution in [0.3, 0.4) is 0 Å². The molecule has 148 valence electrons. The van der Waals surface area contributed by atoms with Crippen LogP contribution in [0.2, 0.25) is 5.02 Å². The minimum atomic E-state index is -3.44. The maximum Gasteiger partial charge on any atom is 0.266 e. The molecule has 3 rings (SSSR count). The minimum Gasteiger partial charge on any atom is -0.380 e. The summed E-state index contributed by atoms with van der Waals surface area (Å²) in [6.45, 7) is 3.92. The summed E-state index contributed by atoms with van der Waals surface area (Å²) in [5.41, 5.74) is 0.919. The van der Waals surface area contributed by atoms with E-state index in [0.29, 0.717) is 49.0 Å². The van der Waals surface area contributed by atoms with Crippen molar-refractivity contribution in [1.82, 2.24) is 8.87 Å². The van der Waals surface area contributed by atoms with Crippen molar-refractivity contribution < 1.29 is 17.9 Å². The van der Waals surface area contributed by atoms with E-state index in [1.807, 2.05) is 23.6 Å². The summed E-state index contributed by atoms with van der Waals surface area (Å²) in [5, 5.41) is 0.609. The van der Waals surface area contributed by atoms with Gasteiger partial charge in [0.2, 0.25) is 10.0 Å². The average Bonchev–Trinajstić information content (AvgIpc) is 3.20. The average molecular weight is 432 g/mol. The Bertz CT molecular complexity index is 1010. The molecular weight excluding hydrogens is 410 g/mol. The number of thiazole rings is 1. The maximum absolute atomic E-state index is 12.8. The van der Waals surface area contributed by atoms with E-state index in [1.165, 1.54) is 15.6 Å². The van der Waals surface area contributed by atoms with Crippen LogP contribution >= 0.6 is 22.9 Å². The monoisotopic (exact) mass is 431 g/mol. The Labute approximate surface area is 167 Å². The Morgan fingerprint density at radius 2 is 2.22 bits per heavy atom. The van der Waals surface area contributed by atoms with E-state index in [9.17, 15) is 13.2 Å². The number of carbonyl (C=O) groups is 1. The molecule has 0 bridgehead atoms. The van der Waals surface area contributed by atoms with Crippen molar-refractivity contribution >= 4 is 49.1 Å². The number of amides is 1. The third kappa shape index (κ3) is 4.60. The lowest BCUT2D eigenvalue weighted by molar-refractivity contribution is -0.121. The second-order valence-electron chi connectivity index (χ2n) is 6.33. The van der Waals surface area contributed by atoms with Crippen molar-refractivity contribution in [3.63, 3.8) is 0 Å². The number of ether oxygens (including phenoxy) is 1. The highest BCUT2D eigenvalue weighted by molar-refractivity contribution is 7.88. The number of sulfonamides is 1. The number of fused-ring (bicyclic) bond motifs is 1. The molecular formula is C17H22ClN3O4S2. The molecule has 27 heavy (non-hydrogen) atoms. The van der Waals surface area contributed by atoms with Crippen LogP contribution in [-0.4, -0.2) is 55.3 Å². The van der Waals surface area contributed by atoms with Crippen molar-refractivity contribution in [3.05, 3.63) is 28.0 Å². The van der Waals surface area contributed by atoms with E-state index >= 15 is 0 Å². The van der Waals surface area contributed by atoms with Gasteiger partial charge in [0.25, 0.3) is 5.91 Å². The fourth-order valence-corrected chi connectivity index (χ4v) is 5.66. The lowest BCUT2D eigenvalue weighted by atomic mass is 10.2. The second kappa shape index (κ2) is 8.40. The van der Waals surface area contributed by atoms with E-state index in [1.54, 1.807) is 6.07 Å². The molecule has 2 aromatic rings. The highest BCUT2D eigenvalue weighted by Gasteiger charge is 2.36. The lowest BCUT2D eigenvalue weighted by Gasteiger charge is -2.18. The number of nitrogens with zero attached hydrogens (tertiary/aromatic N) is 3. The summed E-state index contributed by atoms with van der Waals surface area (Å²) in [6, 6.07) is 4.79. The molecule has 2 heterocycles. The molecule has 0 aliphatic carbocycles. The molecule has 0 saturated carbocycles. The molecule has 1 aromatic heterocycles. The maximum atomic E-state index is 12.8. The van der Waals surface area contributed by atoms with Crippen LogP contribution in [0.15, 0.2) is 23.2 Å². The number of aromatic nitrogens is 1. The normalized spacial score (nSPS) is 19.2. The van der Waals surface area contributed by atoms with E-state index in [0.717, 1.165) is 16.5 Å². The number of carbonyl (C=O) groups excluding carboxylic acids is 1. The van der Waals surface area contributed by atoms with Gasteiger partial charge >= 0.3 is 0 Å². The van der Waals surface area contributed by atoms with Gasteiger partial charge in [-0.3, -0.25) is 4.79 Å². The van der Waals surface area contributed by atoms with Crippen LogP contribution in [0.1, 0.15) is 19.8 Å². The van der Waals surface area contributed by atoms with Crippen LogP contribution in [0.25, 0.3) is 10.2 Å². The van der Waals surface area contributed by atoms with Gasteiger partial charge in [-0.25, -0.2) is 8.42 Å². The van der Waals surface area contributed by atoms with Gasteiger partial charge in [0.15, 0.2) is 4.80 Å². The molecule has 1 aromatic carbocycles. The fourth-order valence-electron chi connectivity index (χ4n) is 3.20. The first-order valence-electron chi connectivity index (χ1n) is 8.73. The smallest absolute Gasteiger partial charge is 0.266 e. The Hall–Kier alpha value is -1.26. The van der Waals surface area contributed by atoms with Gasteiger partial charge < -0.3 is 9.30 Å². The second-order valence-corrected chi connectivity index (χ2v) is 9.71. The SMILES string of the molecule is CCOCCn1c(=NC(=O)C2CCCN2S(C)(=O)=O)sc2cc(Cl)ccc21. The van der Waals surface area contributed by atoms with Crippen molar-refractivity contribution in [1.29, 1.82) is 0 Å². The van der Waals surface area contributed by atoms with E-state index in [4.69, 9.17) is 16.3 Å². The molecule has 1 atom stereocenters. The first kappa shape index (κ1) is 20.5. The Balaban J connectivity index is 2.01. The van der Waals surface area contributed by atoms with Gasteiger partial charge in [-0.05, 0) is 38.0 Å². The summed E-state index contributed by atoms with van der Waals surface area (Å²) in [4.78, 5) is 17.6. The molecule has 1 aliphatic heterocycles. The molecule has 0 N–H and O–H groups in total. The van der Waals surface area contributed by atoms with Crippen LogP contribution in [0.5, 0.6) is 0 Å². The molecule has 1 fully saturated rings. The Morgan fingerprint density at radius 1 is 1.44 bits per heavy atom. The molecule has 0 spiro atoms. The zero-order valence-corrected chi connectivity index (χ0v) is 17.6. The number of benzene rings is 1. The number of hydrogen-bond acceptors (Lipinski definition) is 5. The summed E-state index contributed by atoms with van der Waals surface area (Å²) in [6.07, 6.45) is 2.28. The minimum absolute atomic E-state index is 0.358. The number of hydrogen-bond donors (Lipinski definition) is 0. The zero-order valence-electron chi connectivity index (χ0n) is 15.2. The largest absolute Gasteiger partial charge is 0.380 e. The molecule has 1 aliphatic rings. The fraction of sp³-hybridized carbons (Fsp3) is 0.529. The third-order valence-corrected chi connectivity index (χ3v) is 6.99. The van der Waals surface area contributed by atoms with E-state index in [2.05, 4.69) is 4.99 Å². The summed E-state index contributed by atoms with van der Waals surface area (Å²) in [7, 11) is -3.44. The molecule has 7 nitrogen and oxygen atoms in total. The van der Waals surface area contributed by atoms with Gasteiger partial charge in [0.1, 0.15) is 6.04 Å². The van der Waals surface area contributed by atoms with Crippen LogP contribution in [-0.2, 0) is 26.1 Å². The number of halogens is 1. The highest BCUT2D eigenvalue weighted by atomic mass is 35.5. The van der Waals surface area contributed by atoms with Crippen LogP contribution in [0.4, 0.5) is 0 Å². The summed E-state index contributed by atoms with van der Waals surface area (Å²) < 4.78 is 33.4.